The number of hydrogen-bond acceptors (Lipinski definition) is 7. The van der Waals surface area contributed by atoms with Gasteiger partial charge in [0.05, 0.1) is 25.8 Å². The van der Waals surface area contributed by atoms with Crippen molar-refractivity contribution in [1.82, 2.24) is 0 Å². The van der Waals surface area contributed by atoms with Crippen LogP contribution in [0.2, 0.25) is 0 Å². The summed E-state index contributed by atoms with van der Waals surface area (Å²) in [5, 5.41) is 9.89. The van der Waals surface area contributed by atoms with E-state index in [1.165, 1.54) is 18.5 Å². The van der Waals surface area contributed by atoms with Gasteiger partial charge in [-0.2, -0.15) is 5.26 Å². The molecule has 0 saturated carbocycles. The van der Waals surface area contributed by atoms with E-state index in [0.29, 0.717) is 28.3 Å². The molecule has 2 aromatic rings. The summed E-state index contributed by atoms with van der Waals surface area (Å²) in [6, 6.07) is 14.2. The summed E-state index contributed by atoms with van der Waals surface area (Å²) in [4.78, 5) is -0.0506. The monoisotopic (exact) mass is 439 g/mol. The second kappa shape index (κ2) is 7.56. The summed E-state index contributed by atoms with van der Waals surface area (Å²) >= 11 is 0. The molecule has 2 aliphatic heterocycles. The van der Waals surface area contributed by atoms with E-state index in [4.69, 9.17) is 19.9 Å². The molecular formula is C22H21N3O5S. The highest BCUT2D eigenvalue weighted by molar-refractivity contribution is 7.97. The molecule has 0 radical (unpaired) electrons. The van der Waals surface area contributed by atoms with E-state index in [0.717, 1.165) is 0 Å². The smallest absolute Gasteiger partial charge is 0.265 e. The van der Waals surface area contributed by atoms with Crippen LogP contribution in [0.25, 0.3) is 5.76 Å². The van der Waals surface area contributed by atoms with Gasteiger partial charge in [0.1, 0.15) is 16.5 Å². The molecule has 0 bridgehead atoms. The van der Waals surface area contributed by atoms with Crippen LogP contribution in [-0.4, -0.2) is 29.2 Å². The Morgan fingerprint density at radius 3 is 2.55 bits per heavy atom. The van der Waals surface area contributed by atoms with Crippen LogP contribution in [0.1, 0.15) is 24.0 Å². The number of rotatable bonds is 4. The number of para-hydroxylation sites is 2. The van der Waals surface area contributed by atoms with Gasteiger partial charge in [-0.25, -0.2) is 8.42 Å². The number of methoxy groups -OCH3 is 2. The topological polar surface area (TPSA) is 115 Å². The average Bonchev–Trinajstić information content (AvgIpc) is 2.77. The number of hydrogen-bond donors (Lipinski definition) is 1. The predicted molar refractivity (Wildman–Crippen MR) is 116 cm³/mol. The van der Waals surface area contributed by atoms with Crippen LogP contribution in [0.15, 0.2) is 58.8 Å². The first-order chi connectivity index (χ1) is 14.9. The number of nitrogens with two attached hydrogens (primary N) is 1. The third-order valence-electron chi connectivity index (χ3n) is 5.39. The number of sulfonamides is 1. The Morgan fingerprint density at radius 2 is 1.90 bits per heavy atom. The standard InChI is InChI=1S/C22H21N3O5S/c1-4-25-16-10-6-5-8-13(16)20-21(31(25,26)27)18(15(12-23)22(24)30-20)14-9-7-11-17(28-2)19(14)29-3/h5-11,18H,4,24H2,1-3H3/t18-/m0/s1. The summed E-state index contributed by atoms with van der Waals surface area (Å²) in [5.41, 5.74) is 7.63. The Bertz CT molecular complexity index is 1270. The molecule has 0 spiro atoms. The molecule has 0 amide bonds. The number of anilines is 1. The minimum Gasteiger partial charge on any atom is -0.493 e. The molecule has 8 nitrogen and oxygen atoms in total. The quantitative estimate of drug-likeness (QED) is 0.778. The van der Waals surface area contributed by atoms with Crippen molar-refractivity contribution in [3.63, 3.8) is 0 Å². The van der Waals surface area contributed by atoms with Gasteiger partial charge in [0.15, 0.2) is 17.3 Å². The number of nitrogens with zero attached hydrogens (tertiary/aromatic N) is 2. The highest BCUT2D eigenvalue weighted by Crippen LogP contribution is 2.53. The molecule has 0 aliphatic carbocycles. The fraction of sp³-hybridized carbons (Fsp3) is 0.227. The van der Waals surface area contributed by atoms with Gasteiger partial charge < -0.3 is 19.9 Å². The Balaban J connectivity index is 2.11. The number of benzene rings is 2. The molecule has 1 atom stereocenters. The van der Waals surface area contributed by atoms with E-state index >= 15 is 0 Å². The van der Waals surface area contributed by atoms with Crippen molar-refractivity contribution < 1.29 is 22.6 Å². The van der Waals surface area contributed by atoms with Gasteiger partial charge >= 0.3 is 0 Å². The third-order valence-corrected chi connectivity index (χ3v) is 7.40. The first-order valence-corrected chi connectivity index (χ1v) is 11.0. The first-order valence-electron chi connectivity index (χ1n) is 9.55. The lowest BCUT2D eigenvalue weighted by Crippen LogP contribution is -2.39. The maximum Gasteiger partial charge on any atom is 0.265 e. The Hall–Kier alpha value is -3.64. The predicted octanol–water partition coefficient (Wildman–Crippen LogP) is 3.05. The van der Waals surface area contributed by atoms with E-state index in [1.807, 2.05) is 6.07 Å². The number of allylic oxidation sites excluding steroid dienone is 2. The zero-order valence-corrected chi connectivity index (χ0v) is 18.1. The van der Waals surface area contributed by atoms with E-state index in [1.54, 1.807) is 49.4 Å². The molecule has 31 heavy (non-hydrogen) atoms. The molecule has 0 aromatic heterocycles. The maximum absolute atomic E-state index is 13.8. The third kappa shape index (κ3) is 2.91. The van der Waals surface area contributed by atoms with E-state index in [-0.39, 0.29) is 28.7 Å². The minimum absolute atomic E-state index is 0.00990. The number of fused-ring (bicyclic) bond motifs is 2. The zero-order valence-electron chi connectivity index (χ0n) is 17.2. The van der Waals surface area contributed by atoms with Crippen molar-refractivity contribution in [2.24, 2.45) is 5.73 Å². The van der Waals surface area contributed by atoms with Crippen molar-refractivity contribution in [3.05, 3.63) is 70.0 Å². The SMILES string of the molecule is CCN1c2ccccc2C2=C([C@@H](c3cccc(OC)c3OC)C(C#N)=C(N)O2)S1(=O)=O. The lowest BCUT2D eigenvalue weighted by Gasteiger charge is -2.38. The lowest BCUT2D eigenvalue weighted by atomic mass is 9.87. The van der Waals surface area contributed by atoms with Gasteiger partial charge in [-0.1, -0.05) is 24.3 Å². The second-order valence-electron chi connectivity index (χ2n) is 6.89. The fourth-order valence-electron chi connectivity index (χ4n) is 4.10. The average molecular weight is 439 g/mol. The molecule has 2 heterocycles. The Labute approximate surface area is 180 Å². The molecule has 0 saturated heterocycles. The summed E-state index contributed by atoms with van der Waals surface area (Å²) in [6.07, 6.45) is 0. The van der Waals surface area contributed by atoms with Gasteiger partial charge in [0, 0.05) is 17.7 Å². The van der Waals surface area contributed by atoms with E-state index in [9.17, 15) is 13.7 Å². The largest absolute Gasteiger partial charge is 0.493 e. The van der Waals surface area contributed by atoms with Crippen LogP contribution in [0.5, 0.6) is 11.5 Å². The van der Waals surface area contributed by atoms with E-state index in [2.05, 4.69) is 0 Å². The van der Waals surface area contributed by atoms with Crippen molar-refractivity contribution in [2.45, 2.75) is 12.8 Å². The van der Waals surface area contributed by atoms with Crippen molar-refractivity contribution in [2.75, 3.05) is 25.1 Å². The van der Waals surface area contributed by atoms with Crippen LogP contribution in [0, 0.1) is 11.3 Å². The molecule has 2 aliphatic rings. The number of ether oxygens (including phenoxy) is 3. The summed E-state index contributed by atoms with van der Waals surface area (Å²) in [7, 11) is -1.10. The van der Waals surface area contributed by atoms with Crippen LogP contribution < -0.4 is 19.5 Å². The summed E-state index contributed by atoms with van der Waals surface area (Å²) < 4.78 is 45.6. The lowest BCUT2D eigenvalue weighted by molar-refractivity contribution is 0.345. The Morgan fingerprint density at radius 1 is 1.16 bits per heavy atom. The fourth-order valence-corrected chi connectivity index (χ4v) is 6.02. The molecular weight excluding hydrogens is 418 g/mol. The van der Waals surface area contributed by atoms with Crippen LogP contribution in [0.4, 0.5) is 5.69 Å². The Kier molecular flexibility index (Phi) is 5.03. The normalized spacial score (nSPS) is 19.2. The van der Waals surface area contributed by atoms with Gasteiger partial charge in [-0.15, -0.1) is 0 Å². The number of nitriles is 1. The molecule has 2 N–H and O–H groups in total. The summed E-state index contributed by atoms with van der Waals surface area (Å²) in [5.74, 6) is -0.323. The van der Waals surface area contributed by atoms with Crippen molar-refractivity contribution in [3.8, 4) is 17.6 Å². The zero-order chi connectivity index (χ0) is 22.3. The van der Waals surface area contributed by atoms with Gasteiger partial charge in [0.25, 0.3) is 10.0 Å². The minimum atomic E-state index is -4.05. The maximum atomic E-state index is 13.8. The van der Waals surface area contributed by atoms with Crippen LogP contribution in [0.3, 0.4) is 0 Å². The second-order valence-corrected chi connectivity index (χ2v) is 8.72. The van der Waals surface area contributed by atoms with Crippen LogP contribution >= 0.6 is 0 Å². The van der Waals surface area contributed by atoms with Gasteiger partial charge in [0.2, 0.25) is 5.88 Å². The van der Waals surface area contributed by atoms with Crippen molar-refractivity contribution >= 4 is 21.5 Å². The molecule has 160 valence electrons. The molecule has 0 unspecified atom stereocenters. The van der Waals surface area contributed by atoms with Crippen molar-refractivity contribution in [1.29, 1.82) is 5.26 Å². The molecule has 4 rings (SSSR count). The molecule has 0 fully saturated rings. The van der Waals surface area contributed by atoms with Gasteiger partial charge in [-0.05, 0) is 25.1 Å². The van der Waals surface area contributed by atoms with E-state index < -0.39 is 15.9 Å². The van der Waals surface area contributed by atoms with Gasteiger partial charge in [-0.3, -0.25) is 4.31 Å². The highest BCUT2D eigenvalue weighted by Gasteiger charge is 2.47. The highest BCUT2D eigenvalue weighted by atomic mass is 32.2. The molecule has 9 heteroatoms. The summed E-state index contributed by atoms with van der Waals surface area (Å²) in [6.45, 7) is 1.96. The first kappa shape index (κ1) is 20.6. The molecule has 2 aromatic carbocycles. The van der Waals surface area contributed by atoms with Crippen LogP contribution in [-0.2, 0) is 14.8 Å².